The number of hydrogen-bond donors (Lipinski definition) is 0. The van der Waals surface area contributed by atoms with Crippen LogP contribution in [0.15, 0.2) is 200 Å². The van der Waals surface area contributed by atoms with Crippen LogP contribution in [-0.2, 0) is 11.8 Å². The van der Waals surface area contributed by atoms with Crippen LogP contribution in [0.5, 0.6) is 0 Å². The minimum absolute atomic E-state index is 0.258. The highest BCUT2D eigenvalue weighted by atomic mass is 16.1. The molecule has 0 amide bonds. The van der Waals surface area contributed by atoms with Crippen molar-refractivity contribution in [1.29, 1.82) is 0 Å². The summed E-state index contributed by atoms with van der Waals surface area (Å²) < 4.78 is 0. The van der Waals surface area contributed by atoms with E-state index in [4.69, 9.17) is 0 Å². The summed E-state index contributed by atoms with van der Waals surface area (Å²) in [5.41, 5.74) is 17.1. The van der Waals surface area contributed by atoms with Crippen LogP contribution in [0.3, 0.4) is 0 Å². The molecule has 0 aromatic heterocycles. The van der Waals surface area contributed by atoms with Gasteiger partial charge in [-0.15, -0.1) is 0 Å². The Morgan fingerprint density at radius 1 is 0.370 bits per heavy atom. The summed E-state index contributed by atoms with van der Waals surface area (Å²) in [6.45, 7) is 0. The Hall–Kier alpha value is -6.77. The van der Waals surface area contributed by atoms with E-state index >= 15 is 0 Å². The van der Waals surface area contributed by atoms with Crippen LogP contribution in [0.25, 0.3) is 33.4 Å². The summed E-state index contributed by atoms with van der Waals surface area (Å²) >= 11 is 0. The number of para-hydroxylation sites is 2. The largest absolute Gasteiger partial charge is 0.310 e. The smallest absolute Gasteiger partial charge is 0.163 e. The van der Waals surface area contributed by atoms with Crippen molar-refractivity contribution in [1.82, 2.24) is 0 Å². The molecule has 0 bridgehead atoms. The Morgan fingerprint density at radius 2 is 0.833 bits per heavy atom. The van der Waals surface area contributed by atoms with E-state index in [2.05, 4.69) is 199 Å². The summed E-state index contributed by atoms with van der Waals surface area (Å²) in [6, 6.07) is 72.5. The maximum Gasteiger partial charge on any atom is 0.163 e. The van der Waals surface area contributed by atoms with Crippen molar-refractivity contribution in [3.8, 4) is 33.4 Å². The molecule has 256 valence electrons. The first-order valence-electron chi connectivity index (χ1n) is 18.8. The fourth-order valence-electron chi connectivity index (χ4n) is 8.90. The van der Waals surface area contributed by atoms with Crippen LogP contribution in [0.1, 0.15) is 44.6 Å². The molecule has 0 heterocycles. The van der Waals surface area contributed by atoms with E-state index in [1.54, 1.807) is 0 Å². The van der Waals surface area contributed by atoms with Gasteiger partial charge in [-0.05, 0) is 110 Å². The molecule has 0 N–H and O–H groups in total. The van der Waals surface area contributed by atoms with Gasteiger partial charge < -0.3 is 4.90 Å². The molecule has 2 aliphatic carbocycles. The zero-order valence-corrected chi connectivity index (χ0v) is 29.8. The fourth-order valence-corrected chi connectivity index (χ4v) is 8.90. The number of Topliss-reactive ketones (excluding diaryl/α,β-unsaturated/α-hetero) is 1. The third-order valence-corrected chi connectivity index (χ3v) is 11.4. The Bertz CT molecular complexity index is 2570. The monoisotopic (exact) mass is 691 g/mol. The minimum atomic E-state index is -0.493. The van der Waals surface area contributed by atoms with Crippen molar-refractivity contribution in [3.63, 3.8) is 0 Å². The second-order valence-corrected chi connectivity index (χ2v) is 14.4. The lowest BCUT2D eigenvalue weighted by Crippen LogP contribution is -2.28. The van der Waals surface area contributed by atoms with Crippen molar-refractivity contribution in [2.75, 3.05) is 4.90 Å². The number of hydrogen-bond acceptors (Lipinski definition) is 2. The van der Waals surface area contributed by atoms with Gasteiger partial charge in [0.15, 0.2) is 5.78 Å². The Morgan fingerprint density at radius 3 is 1.41 bits per heavy atom. The molecule has 2 heteroatoms. The van der Waals surface area contributed by atoms with E-state index in [1.807, 2.05) is 6.07 Å². The van der Waals surface area contributed by atoms with Gasteiger partial charge in [0, 0.05) is 29.0 Å². The molecule has 2 nitrogen and oxygen atoms in total. The highest BCUT2D eigenvalue weighted by Crippen LogP contribution is 2.57. The molecule has 0 spiro atoms. The third kappa shape index (κ3) is 5.14. The standard InChI is InChI=1S/C52H37NO/c54-51-32-27-40-33-38(25-29-46(40)51)36-21-23-37(24-22-36)39-26-30-49-47(34-39)48-35-45(53(43-17-9-3-10-18-43)44-19-11-4-12-20-44)28-31-50(48)52(49,41-13-5-1-6-14-41)42-15-7-2-8-16-42/h1-26,28-31,33-35H,27,32H2. The number of carbonyl (C=O) groups excluding carboxylic acids is 1. The number of anilines is 3. The molecule has 8 aromatic rings. The lowest BCUT2D eigenvalue weighted by molar-refractivity contribution is 0.0994. The molecule has 0 aliphatic heterocycles. The normalized spacial score (nSPS) is 13.6. The molecule has 0 fully saturated rings. The molecule has 0 saturated carbocycles. The molecule has 0 atom stereocenters. The van der Waals surface area contributed by atoms with E-state index in [9.17, 15) is 4.79 Å². The van der Waals surface area contributed by atoms with E-state index in [0.29, 0.717) is 6.42 Å². The maximum atomic E-state index is 12.3. The highest BCUT2D eigenvalue weighted by molar-refractivity contribution is 6.01. The van der Waals surface area contributed by atoms with Gasteiger partial charge in [-0.25, -0.2) is 0 Å². The summed E-state index contributed by atoms with van der Waals surface area (Å²) in [5.74, 6) is 0.258. The van der Waals surface area contributed by atoms with Gasteiger partial charge in [0.1, 0.15) is 0 Å². The average molecular weight is 692 g/mol. The zero-order valence-electron chi connectivity index (χ0n) is 29.8. The minimum Gasteiger partial charge on any atom is -0.310 e. The van der Waals surface area contributed by atoms with E-state index in [1.165, 1.54) is 44.5 Å². The van der Waals surface area contributed by atoms with Gasteiger partial charge in [0.05, 0.1) is 5.41 Å². The summed E-state index contributed by atoms with van der Waals surface area (Å²) in [7, 11) is 0. The van der Waals surface area contributed by atoms with Crippen LogP contribution in [0, 0.1) is 0 Å². The van der Waals surface area contributed by atoms with Crippen LogP contribution in [-0.4, -0.2) is 5.78 Å². The number of aryl methyl sites for hydroxylation is 1. The molecule has 10 rings (SSSR count). The molecule has 0 radical (unpaired) electrons. The topological polar surface area (TPSA) is 20.3 Å². The van der Waals surface area contributed by atoms with Crippen molar-refractivity contribution in [2.24, 2.45) is 0 Å². The van der Waals surface area contributed by atoms with Gasteiger partial charge in [-0.2, -0.15) is 0 Å². The second kappa shape index (κ2) is 13.0. The molecule has 54 heavy (non-hydrogen) atoms. The first-order chi connectivity index (χ1) is 26.7. The van der Waals surface area contributed by atoms with Gasteiger partial charge in [-0.1, -0.05) is 158 Å². The number of nitrogens with zero attached hydrogens (tertiary/aromatic N) is 1. The van der Waals surface area contributed by atoms with Crippen molar-refractivity contribution in [2.45, 2.75) is 18.3 Å². The molecule has 8 aromatic carbocycles. The second-order valence-electron chi connectivity index (χ2n) is 14.4. The number of benzene rings is 8. The predicted octanol–water partition coefficient (Wildman–Crippen LogP) is 13.0. The van der Waals surface area contributed by atoms with E-state index in [0.717, 1.165) is 45.7 Å². The average Bonchev–Trinajstić information content (AvgIpc) is 3.76. The first-order valence-corrected chi connectivity index (χ1v) is 18.8. The first kappa shape index (κ1) is 31.9. The lowest BCUT2D eigenvalue weighted by atomic mass is 9.67. The van der Waals surface area contributed by atoms with Gasteiger partial charge >= 0.3 is 0 Å². The molecule has 0 unspecified atom stereocenters. The number of fused-ring (bicyclic) bond motifs is 4. The summed E-state index contributed by atoms with van der Waals surface area (Å²) in [6.07, 6.45) is 1.45. The van der Waals surface area contributed by atoms with Crippen molar-refractivity contribution >= 4 is 22.8 Å². The number of ketones is 1. The zero-order chi connectivity index (χ0) is 36.1. The predicted molar refractivity (Wildman–Crippen MR) is 222 cm³/mol. The van der Waals surface area contributed by atoms with Gasteiger partial charge in [0.2, 0.25) is 0 Å². The number of carbonyl (C=O) groups is 1. The third-order valence-electron chi connectivity index (χ3n) is 11.4. The Balaban J connectivity index is 1.16. The van der Waals surface area contributed by atoms with Crippen LogP contribution in [0.4, 0.5) is 17.1 Å². The van der Waals surface area contributed by atoms with Crippen molar-refractivity contribution in [3.05, 3.63) is 234 Å². The molecule has 2 aliphatic rings. The van der Waals surface area contributed by atoms with Gasteiger partial charge in [0.25, 0.3) is 0 Å². The Kier molecular flexibility index (Phi) is 7.70. The summed E-state index contributed by atoms with van der Waals surface area (Å²) in [4.78, 5) is 14.6. The fraction of sp³-hybridized carbons (Fsp3) is 0.0577. The van der Waals surface area contributed by atoms with E-state index in [-0.39, 0.29) is 5.78 Å². The SMILES string of the molecule is O=C1CCc2cc(-c3ccc(-c4ccc5c(c4)-c4cc(N(c6ccccc6)c6ccccc6)ccc4C5(c4ccccc4)c4ccccc4)cc3)ccc21. The Labute approximate surface area is 316 Å². The highest BCUT2D eigenvalue weighted by Gasteiger charge is 2.46. The molecule has 0 saturated heterocycles. The lowest BCUT2D eigenvalue weighted by Gasteiger charge is -2.34. The van der Waals surface area contributed by atoms with Gasteiger partial charge in [-0.3, -0.25) is 4.79 Å². The van der Waals surface area contributed by atoms with Crippen LogP contribution < -0.4 is 4.90 Å². The van der Waals surface area contributed by atoms with Crippen molar-refractivity contribution < 1.29 is 4.79 Å². The molecular weight excluding hydrogens is 655 g/mol. The number of rotatable bonds is 7. The van der Waals surface area contributed by atoms with E-state index < -0.39 is 5.41 Å². The maximum absolute atomic E-state index is 12.3. The summed E-state index contributed by atoms with van der Waals surface area (Å²) in [5, 5.41) is 0. The van der Waals surface area contributed by atoms with Crippen LogP contribution >= 0.6 is 0 Å². The molecular formula is C52H37NO. The quantitative estimate of drug-likeness (QED) is 0.166. The van der Waals surface area contributed by atoms with Crippen LogP contribution in [0.2, 0.25) is 0 Å².